The second kappa shape index (κ2) is 5.12. The fourth-order valence-electron chi connectivity index (χ4n) is 2.08. The number of ether oxygens (including phenoxy) is 1. The molecule has 2 nitrogen and oxygen atoms in total. The van der Waals surface area contributed by atoms with E-state index in [0.29, 0.717) is 6.10 Å². The summed E-state index contributed by atoms with van der Waals surface area (Å²) in [5.41, 5.74) is 2.59. The summed E-state index contributed by atoms with van der Waals surface area (Å²) in [6, 6.07) is 10.9. The SMILES string of the molecule is CNC(c1ccc(OC2CC2)cc1)c1ccsc1. The minimum Gasteiger partial charge on any atom is -0.490 e. The summed E-state index contributed by atoms with van der Waals surface area (Å²) in [4.78, 5) is 0. The van der Waals surface area contributed by atoms with Gasteiger partial charge in [-0.25, -0.2) is 0 Å². The third-order valence-corrected chi connectivity index (χ3v) is 3.91. The molecule has 3 heteroatoms. The molecule has 1 aromatic carbocycles. The van der Waals surface area contributed by atoms with Crippen molar-refractivity contribution >= 4 is 11.3 Å². The minimum absolute atomic E-state index is 0.270. The lowest BCUT2D eigenvalue weighted by atomic mass is 10.0. The quantitative estimate of drug-likeness (QED) is 0.886. The fraction of sp³-hybridized carbons (Fsp3) is 0.333. The van der Waals surface area contributed by atoms with Gasteiger partial charge in [0.25, 0.3) is 0 Å². The standard InChI is InChI=1S/C15H17NOS/c1-16-15(12-8-9-18-10-12)11-2-4-13(5-3-11)17-14-6-7-14/h2-5,8-10,14-16H,6-7H2,1H3. The molecule has 94 valence electrons. The molecule has 1 saturated carbocycles. The Bertz CT molecular complexity index is 488. The lowest BCUT2D eigenvalue weighted by Gasteiger charge is -2.16. The van der Waals surface area contributed by atoms with Crippen molar-refractivity contribution in [2.24, 2.45) is 0 Å². The highest BCUT2D eigenvalue weighted by atomic mass is 32.1. The molecule has 1 aromatic heterocycles. The molecule has 0 saturated heterocycles. The van der Waals surface area contributed by atoms with Crippen molar-refractivity contribution in [2.45, 2.75) is 25.0 Å². The van der Waals surface area contributed by atoms with Gasteiger partial charge in [-0.3, -0.25) is 0 Å². The second-order valence-electron chi connectivity index (χ2n) is 4.66. The Hall–Kier alpha value is -1.32. The Balaban J connectivity index is 1.77. The Morgan fingerprint density at radius 2 is 1.94 bits per heavy atom. The molecule has 1 fully saturated rings. The zero-order valence-electron chi connectivity index (χ0n) is 10.4. The summed E-state index contributed by atoms with van der Waals surface area (Å²) in [6.45, 7) is 0. The second-order valence-corrected chi connectivity index (χ2v) is 5.44. The van der Waals surface area contributed by atoms with Crippen molar-refractivity contribution in [2.75, 3.05) is 7.05 Å². The van der Waals surface area contributed by atoms with Gasteiger partial charge >= 0.3 is 0 Å². The third-order valence-electron chi connectivity index (χ3n) is 3.21. The topological polar surface area (TPSA) is 21.3 Å². The number of thiophene rings is 1. The Kier molecular flexibility index (Phi) is 3.35. The summed E-state index contributed by atoms with van der Waals surface area (Å²) in [5, 5.41) is 7.66. The molecule has 3 rings (SSSR count). The average molecular weight is 259 g/mol. The molecule has 0 bridgehead atoms. The highest BCUT2D eigenvalue weighted by Crippen LogP contribution is 2.29. The molecule has 1 unspecified atom stereocenters. The van der Waals surface area contributed by atoms with Crippen LogP contribution in [0.15, 0.2) is 41.1 Å². The zero-order valence-corrected chi connectivity index (χ0v) is 11.2. The number of hydrogen-bond donors (Lipinski definition) is 1. The van der Waals surface area contributed by atoms with Crippen molar-refractivity contribution in [3.8, 4) is 5.75 Å². The van der Waals surface area contributed by atoms with Gasteiger partial charge in [0.05, 0.1) is 12.1 Å². The molecule has 1 heterocycles. The maximum absolute atomic E-state index is 5.77. The van der Waals surface area contributed by atoms with E-state index in [0.717, 1.165) is 5.75 Å². The van der Waals surface area contributed by atoms with Gasteiger partial charge in [0.2, 0.25) is 0 Å². The first kappa shape index (κ1) is 11.8. The number of benzene rings is 1. The molecule has 1 atom stereocenters. The summed E-state index contributed by atoms with van der Waals surface area (Å²) in [6.07, 6.45) is 2.87. The van der Waals surface area contributed by atoms with Gasteiger partial charge in [0.15, 0.2) is 0 Å². The van der Waals surface area contributed by atoms with E-state index in [1.54, 1.807) is 11.3 Å². The zero-order chi connectivity index (χ0) is 12.4. The first-order valence-electron chi connectivity index (χ1n) is 6.33. The molecule has 1 N–H and O–H groups in total. The first-order valence-corrected chi connectivity index (χ1v) is 7.27. The van der Waals surface area contributed by atoms with E-state index >= 15 is 0 Å². The Labute approximate surface area is 112 Å². The normalized spacial score (nSPS) is 16.5. The van der Waals surface area contributed by atoms with Crippen LogP contribution >= 0.6 is 11.3 Å². The Morgan fingerprint density at radius 1 is 1.17 bits per heavy atom. The van der Waals surface area contributed by atoms with Gasteiger partial charge in [0.1, 0.15) is 5.75 Å². The smallest absolute Gasteiger partial charge is 0.119 e. The minimum atomic E-state index is 0.270. The first-order chi connectivity index (χ1) is 8.86. The van der Waals surface area contributed by atoms with Crippen LogP contribution in [0.5, 0.6) is 5.75 Å². The molecule has 0 aliphatic heterocycles. The lowest BCUT2D eigenvalue weighted by Crippen LogP contribution is -2.16. The number of nitrogens with one attached hydrogen (secondary N) is 1. The van der Waals surface area contributed by atoms with Crippen LogP contribution in [0.1, 0.15) is 30.0 Å². The van der Waals surface area contributed by atoms with Crippen LogP contribution in [0.2, 0.25) is 0 Å². The molecule has 2 aromatic rings. The van der Waals surface area contributed by atoms with Crippen LogP contribution < -0.4 is 10.1 Å². The van der Waals surface area contributed by atoms with Crippen LogP contribution in [0.3, 0.4) is 0 Å². The van der Waals surface area contributed by atoms with Crippen LogP contribution in [0.4, 0.5) is 0 Å². The third kappa shape index (κ3) is 2.57. The van der Waals surface area contributed by atoms with Gasteiger partial charge in [-0.2, -0.15) is 11.3 Å². The van der Waals surface area contributed by atoms with Gasteiger partial charge in [0, 0.05) is 0 Å². The summed E-state index contributed by atoms with van der Waals surface area (Å²) < 4.78 is 5.77. The van der Waals surface area contributed by atoms with Gasteiger partial charge in [-0.05, 0) is 60.0 Å². The maximum Gasteiger partial charge on any atom is 0.119 e. The van der Waals surface area contributed by atoms with Gasteiger partial charge in [-0.1, -0.05) is 12.1 Å². The highest BCUT2D eigenvalue weighted by Gasteiger charge is 2.23. The molecular weight excluding hydrogens is 242 g/mol. The monoisotopic (exact) mass is 259 g/mol. The molecule has 0 radical (unpaired) electrons. The predicted octanol–water partition coefficient (Wildman–Crippen LogP) is 3.60. The van der Waals surface area contributed by atoms with Crippen LogP contribution in [-0.4, -0.2) is 13.2 Å². The number of rotatable bonds is 5. The fourth-order valence-corrected chi connectivity index (χ4v) is 2.77. The van der Waals surface area contributed by atoms with Crippen molar-refractivity contribution in [3.05, 3.63) is 52.2 Å². The summed E-state index contributed by atoms with van der Waals surface area (Å²) in [5.74, 6) is 0.987. The molecule has 0 spiro atoms. The van der Waals surface area contributed by atoms with Crippen molar-refractivity contribution in [1.82, 2.24) is 5.32 Å². The highest BCUT2D eigenvalue weighted by molar-refractivity contribution is 7.08. The summed E-state index contributed by atoms with van der Waals surface area (Å²) >= 11 is 1.73. The van der Waals surface area contributed by atoms with E-state index in [4.69, 9.17) is 4.74 Å². The molecule has 1 aliphatic carbocycles. The maximum atomic E-state index is 5.77. The molecular formula is C15H17NOS. The van der Waals surface area contributed by atoms with Crippen LogP contribution in [0, 0.1) is 0 Å². The van der Waals surface area contributed by atoms with Gasteiger partial charge < -0.3 is 10.1 Å². The molecule has 1 aliphatic rings. The average Bonchev–Trinajstić information content (AvgIpc) is 3.05. The van der Waals surface area contributed by atoms with Crippen molar-refractivity contribution < 1.29 is 4.74 Å². The van der Waals surface area contributed by atoms with E-state index in [1.807, 2.05) is 7.05 Å². The van der Waals surface area contributed by atoms with Gasteiger partial charge in [-0.15, -0.1) is 0 Å². The van der Waals surface area contributed by atoms with E-state index < -0.39 is 0 Å². The molecule has 0 amide bonds. The van der Waals surface area contributed by atoms with E-state index in [9.17, 15) is 0 Å². The number of hydrogen-bond acceptors (Lipinski definition) is 3. The largest absolute Gasteiger partial charge is 0.490 e. The van der Waals surface area contributed by atoms with Crippen LogP contribution in [0.25, 0.3) is 0 Å². The van der Waals surface area contributed by atoms with Crippen molar-refractivity contribution in [1.29, 1.82) is 0 Å². The predicted molar refractivity (Wildman–Crippen MR) is 75.3 cm³/mol. The lowest BCUT2D eigenvalue weighted by molar-refractivity contribution is 0.303. The van der Waals surface area contributed by atoms with E-state index in [-0.39, 0.29) is 6.04 Å². The van der Waals surface area contributed by atoms with Crippen molar-refractivity contribution in [3.63, 3.8) is 0 Å². The summed E-state index contributed by atoms with van der Waals surface area (Å²) in [7, 11) is 2.00. The van der Waals surface area contributed by atoms with Crippen LogP contribution in [-0.2, 0) is 0 Å². The molecule has 18 heavy (non-hydrogen) atoms. The van der Waals surface area contributed by atoms with E-state index in [1.165, 1.54) is 24.0 Å². The Morgan fingerprint density at radius 3 is 2.50 bits per heavy atom. The van der Waals surface area contributed by atoms with E-state index in [2.05, 4.69) is 46.4 Å².